The lowest BCUT2D eigenvalue weighted by Crippen LogP contribution is -2.55. The summed E-state index contributed by atoms with van der Waals surface area (Å²) in [7, 11) is 1.24. The number of aliphatic carboxylic acids is 1. The van der Waals surface area contributed by atoms with Crippen LogP contribution in [0.4, 0.5) is 8.78 Å². The van der Waals surface area contributed by atoms with E-state index in [4.69, 9.17) is 27.9 Å². The molecule has 2 saturated carbocycles. The molecule has 2 amide bonds. The van der Waals surface area contributed by atoms with Gasteiger partial charge in [0.05, 0.1) is 23.1 Å². The predicted molar refractivity (Wildman–Crippen MR) is 151 cm³/mol. The molecule has 5 rings (SSSR count). The van der Waals surface area contributed by atoms with Crippen molar-refractivity contribution >= 4 is 29.4 Å². The van der Waals surface area contributed by atoms with Gasteiger partial charge in [0.15, 0.2) is 0 Å². The standard InChI is InChI=1S/C29H38ClF2N5O6/c1-28(27(41)42)11-15(38)3-4-17(28)26(40)36-10-7-16-18(30)5-6-20(43-13-19(33)23(24(31)32)35(2)34)22(16)25(36)37-14-29(8-9-29)12-21(37)39/h5-6,15,17,24-25,38H,3-4,7-14,33-34H2,1-2H3,(H,41,42)/b23-19-/t15-,17+,25?,28+/m1/s1. The fourth-order valence-electron chi connectivity index (χ4n) is 7.00. The van der Waals surface area contributed by atoms with E-state index in [0.717, 1.165) is 17.9 Å². The van der Waals surface area contributed by atoms with Crippen LogP contribution in [0.25, 0.3) is 0 Å². The van der Waals surface area contributed by atoms with Gasteiger partial charge in [0.1, 0.15) is 24.2 Å². The number of carbonyl (C=O) groups excluding carboxylic acids is 2. The summed E-state index contributed by atoms with van der Waals surface area (Å²) in [5.41, 5.74) is 4.47. The van der Waals surface area contributed by atoms with Gasteiger partial charge in [-0.1, -0.05) is 11.6 Å². The first-order chi connectivity index (χ1) is 20.2. The van der Waals surface area contributed by atoms with Gasteiger partial charge in [0, 0.05) is 37.1 Å². The van der Waals surface area contributed by atoms with Crippen molar-refractivity contribution in [1.29, 1.82) is 0 Å². The maximum atomic E-state index is 14.4. The van der Waals surface area contributed by atoms with Gasteiger partial charge in [0.2, 0.25) is 11.8 Å². The Morgan fingerprint density at radius 2 is 1.98 bits per heavy atom. The predicted octanol–water partition coefficient (Wildman–Crippen LogP) is 2.61. The van der Waals surface area contributed by atoms with Gasteiger partial charge in [-0.15, -0.1) is 0 Å². The van der Waals surface area contributed by atoms with E-state index in [1.165, 1.54) is 18.9 Å². The number of amides is 2. The van der Waals surface area contributed by atoms with E-state index in [2.05, 4.69) is 0 Å². The maximum absolute atomic E-state index is 14.4. The molecule has 1 aromatic rings. The number of carboxylic acids is 1. The number of aliphatic hydroxyl groups is 1. The van der Waals surface area contributed by atoms with Crippen LogP contribution >= 0.6 is 11.6 Å². The van der Waals surface area contributed by atoms with E-state index in [1.807, 2.05) is 0 Å². The van der Waals surface area contributed by atoms with E-state index in [-0.39, 0.29) is 48.6 Å². The molecule has 1 saturated heterocycles. The Morgan fingerprint density at radius 1 is 1.28 bits per heavy atom. The van der Waals surface area contributed by atoms with Crippen LogP contribution in [0.1, 0.15) is 62.7 Å². The lowest BCUT2D eigenvalue weighted by Gasteiger charge is -2.47. The molecule has 2 heterocycles. The molecule has 1 aromatic carbocycles. The summed E-state index contributed by atoms with van der Waals surface area (Å²) in [6, 6.07) is 3.15. The minimum atomic E-state index is -2.95. The first kappa shape index (κ1) is 31.3. The molecule has 1 spiro atoms. The number of rotatable bonds is 8. The average molecular weight is 626 g/mol. The van der Waals surface area contributed by atoms with Crippen LogP contribution < -0.4 is 16.3 Å². The van der Waals surface area contributed by atoms with E-state index in [0.29, 0.717) is 35.5 Å². The van der Waals surface area contributed by atoms with Crippen molar-refractivity contribution in [3.63, 3.8) is 0 Å². The van der Waals surface area contributed by atoms with Crippen LogP contribution in [-0.2, 0) is 20.8 Å². The van der Waals surface area contributed by atoms with Gasteiger partial charge in [-0.2, -0.15) is 0 Å². The van der Waals surface area contributed by atoms with Gasteiger partial charge in [0.25, 0.3) is 6.43 Å². The molecule has 0 radical (unpaired) electrons. The number of benzene rings is 1. The number of alkyl halides is 2. The Morgan fingerprint density at radius 3 is 2.56 bits per heavy atom. The van der Waals surface area contributed by atoms with E-state index in [1.54, 1.807) is 17.0 Å². The first-order valence-corrected chi connectivity index (χ1v) is 14.8. The van der Waals surface area contributed by atoms with E-state index in [9.17, 15) is 33.4 Å². The van der Waals surface area contributed by atoms with Crippen molar-refractivity contribution in [2.75, 3.05) is 26.7 Å². The molecule has 2 aliphatic heterocycles. The van der Waals surface area contributed by atoms with Gasteiger partial charge < -0.3 is 35.5 Å². The third-order valence-electron chi connectivity index (χ3n) is 9.61. The second-order valence-electron chi connectivity index (χ2n) is 12.6. The Kier molecular flexibility index (Phi) is 8.29. The van der Waals surface area contributed by atoms with Crippen molar-refractivity contribution in [2.45, 2.75) is 70.6 Å². The van der Waals surface area contributed by atoms with E-state index < -0.39 is 54.2 Å². The lowest BCUT2D eigenvalue weighted by atomic mass is 9.65. The molecule has 4 atom stereocenters. The quantitative estimate of drug-likeness (QED) is 0.251. The molecule has 1 unspecified atom stereocenters. The Bertz CT molecular complexity index is 1340. The smallest absolute Gasteiger partial charge is 0.310 e. The zero-order chi connectivity index (χ0) is 31.4. The number of allylic oxidation sites excluding steroid dienone is 1. The zero-order valence-corrected chi connectivity index (χ0v) is 24.9. The van der Waals surface area contributed by atoms with Crippen LogP contribution in [0.3, 0.4) is 0 Å². The molecule has 14 heteroatoms. The highest BCUT2D eigenvalue weighted by atomic mass is 35.5. The molecule has 3 fully saturated rings. The number of hydrogen-bond acceptors (Lipinski definition) is 8. The Balaban J connectivity index is 1.58. The number of carboxylic acid groups (broad SMARTS) is 1. The highest BCUT2D eigenvalue weighted by Crippen LogP contribution is 2.56. The van der Waals surface area contributed by atoms with Crippen LogP contribution in [0.5, 0.6) is 5.75 Å². The Hall–Kier alpha value is -3.16. The second kappa shape index (κ2) is 11.4. The summed E-state index contributed by atoms with van der Waals surface area (Å²) in [5.74, 6) is 3.06. The number of hydrogen-bond donors (Lipinski definition) is 4. The topological polar surface area (TPSA) is 163 Å². The average Bonchev–Trinajstić information content (AvgIpc) is 3.60. The number of nitrogens with two attached hydrogens (primary N) is 2. The molecule has 4 aliphatic rings. The number of aliphatic hydroxyl groups excluding tert-OH is 1. The number of nitrogens with zero attached hydrogens (tertiary/aromatic N) is 3. The molecule has 236 valence electrons. The van der Waals surface area contributed by atoms with Gasteiger partial charge in [-0.3, -0.25) is 14.4 Å². The number of hydrazine groups is 1. The SMILES string of the molecule is CN(N)/C(=C(\N)COc1ccc(Cl)c2c1C(N1CC3(CC3)CC1=O)N(C(=O)[C@@H]1CC[C@@H](O)C[C@]1(C)C(=O)O)CC2)C(F)F. The minimum absolute atomic E-state index is 0.0759. The van der Waals surface area contributed by atoms with Gasteiger partial charge in [-0.05, 0) is 68.6 Å². The molecule has 11 nitrogen and oxygen atoms in total. The van der Waals surface area contributed by atoms with Gasteiger partial charge in [-0.25, -0.2) is 14.6 Å². The summed E-state index contributed by atoms with van der Waals surface area (Å²) in [5, 5.41) is 21.6. The lowest BCUT2D eigenvalue weighted by molar-refractivity contribution is -0.168. The van der Waals surface area contributed by atoms with E-state index >= 15 is 0 Å². The van der Waals surface area contributed by atoms with Crippen molar-refractivity contribution in [3.05, 3.63) is 39.7 Å². The minimum Gasteiger partial charge on any atom is -0.487 e. The van der Waals surface area contributed by atoms with Crippen LogP contribution in [0.2, 0.25) is 5.02 Å². The summed E-state index contributed by atoms with van der Waals surface area (Å²) < 4.78 is 33.2. The maximum Gasteiger partial charge on any atom is 0.310 e. The molecule has 43 heavy (non-hydrogen) atoms. The fraction of sp³-hybridized carbons (Fsp3) is 0.621. The highest BCUT2D eigenvalue weighted by Gasteiger charge is 2.57. The number of carbonyl (C=O) groups is 3. The number of ether oxygens (including phenoxy) is 1. The number of fused-ring (bicyclic) bond motifs is 1. The molecular formula is C29H38ClF2N5O6. The largest absolute Gasteiger partial charge is 0.487 e. The third kappa shape index (κ3) is 5.62. The van der Waals surface area contributed by atoms with Crippen molar-refractivity contribution in [1.82, 2.24) is 14.8 Å². The number of halogens is 3. The first-order valence-electron chi connectivity index (χ1n) is 14.4. The van der Waals surface area contributed by atoms with Crippen LogP contribution in [0.15, 0.2) is 23.5 Å². The van der Waals surface area contributed by atoms with Crippen molar-refractivity contribution in [2.24, 2.45) is 28.3 Å². The molecule has 0 aromatic heterocycles. The normalized spacial score (nSPS) is 28.6. The van der Waals surface area contributed by atoms with Crippen LogP contribution in [-0.4, -0.2) is 82.1 Å². The second-order valence-corrected chi connectivity index (χ2v) is 13.0. The molecule has 2 aliphatic carbocycles. The summed E-state index contributed by atoms with van der Waals surface area (Å²) in [4.78, 5) is 43.5. The fourth-order valence-corrected chi connectivity index (χ4v) is 7.26. The summed E-state index contributed by atoms with van der Waals surface area (Å²) >= 11 is 6.64. The summed E-state index contributed by atoms with van der Waals surface area (Å²) in [6.07, 6.45) is -2.02. The van der Waals surface area contributed by atoms with Crippen molar-refractivity contribution < 1.29 is 38.1 Å². The third-order valence-corrected chi connectivity index (χ3v) is 9.96. The zero-order valence-electron chi connectivity index (χ0n) is 24.2. The van der Waals surface area contributed by atoms with Crippen molar-refractivity contribution in [3.8, 4) is 5.75 Å². The van der Waals surface area contributed by atoms with Crippen LogP contribution in [0, 0.1) is 16.7 Å². The molecular weight excluding hydrogens is 588 g/mol. The highest BCUT2D eigenvalue weighted by molar-refractivity contribution is 6.31. The Labute approximate surface area is 253 Å². The van der Waals surface area contributed by atoms with Gasteiger partial charge >= 0.3 is 5.97 Å². The monoisotopic (exact) mass is 625 g/mol. The molecule has 0 bridgehead atoms. The molecule has 6 N–H and O–H groups in total. The number of likely N-dealkylation sites (tertiary alicyclic amines) is 1. The summed E-state index contributed by atoms with van der Waals surface area (Å²) in [6.45, 7) is 1.59.